The SMILES string of the molecule is CC1=C(C)[N+](c2c(C(C)C)cccc2C(C)C)=C=[N+]1c1c(C(C)C)cccc1C(C)C.[Au+].c1ccc2c(c1)[n-]c1ccccc12. The quantitative estimate of drug-likeness (QED) is 0.124. The molecule has 2 heterocycles. The van der Waals surface area contributed by atoms with E-state index in [0.717, 1.165) is 11.0 Å². The van der Waals surface area contributed by atoms with Crippen LogP contribution < -0.4 is 4.98 Å². The summed E-state index contributed by atoms with van der Waals surface area (Å²) in [6.07, 6.45) is 0. The normalized spacial score (nSPS) is 13.1. The summed E-state index contributed by atoms with van der Waals surface area (Å²) in [5, 5.41) is 2.50. The Kier molecular flexibility index (Phi) is 10.9. The largest absolute Gasteiger partial charge is 1.00 e. The average Bonchev–Trinajstić information content (AvgIpc) is 3.53. The molecule has 4 heteroatoms. The van der Waals surface area contributed by atoms with Crippen molar-refractivity contribution in [2.75, 3.05) is 0 Å². The van der Waals surface area contributed by atoms with Crippen LogP contribution in [0.4, 0.5) is 11.4 Å². The van der Waals surface area contributed by atoms with Crippen LogP contribution in [-0.4, -0.2) is 15.2 Å². The van der Waals surface area contributed by atoms with E-state index in [1.807, 2.05) is 12.1 Å². The molecule has 1 aromatic heterocycles. The molecule has 0 aliphatic carbocycles. The maximum Gasteiger partial charge on any atom is 1.00 e. The third-order valence-electron chi connectivity index (χ3n) is 8.87. The summed E-state index contributed by atoms with van der Waals surface area (Å²) in [5.74, 6) is 1.80. The van der Waals surface area contributed by atoms with Crippen molar-refractivity contribution in [1.29, 1.82) is 0 Å². The molecule has 236 valence electrons. The zero-order valence-corrected chi connectivity index (χ0v) is 30.7. The second-order valence-corrected chi connectivity index (χ2v) is 13.3. The van der Waals surface area contributed by atoms with E-state index < -0.39 is 0 Å². The topological polar surface area (TPSA) is 20.1 Å². The fourth-order valence-electron chi connectivity index (χ4n) is 6.28. The smallest absolute Gasteiger partial charge is 0.657 e. The van der Waals surface area contributed by atoms with E-state index in [2.05, 4.69) is 162 Å². The fourth-order valence-corrected chi connectivity index (χ4v) is 6.28. The summed E-state index contributed by atoms with van der Waals surface area (Å²) in [4.78, 5) is 4.52. The summed E-state index contributed by atoms with van der Waals surface area (Å²) in [7, 11) is 0. The zero-order valence-electron chi connectivity index (χ0n) is 28.5. The van der Waals surface area contributed by atoms with Crippen molar-refractivity contribution in [2.45, 2.75) is 92.9 Å². The second-order valence-electron chi connectivity index (χ2n) is 13.3. The van der Waals surface area contributed by atoms with E-state index in [4.69, 9.17) is 0 Å². The van der Waals surface area contributed by atoms with E-state index in [0.29, 0.717) is 23.7 Å². The van der Waals surface area contributed by atoms with Gasteiger partial charge in [-0.2, -0.15) is 0 Å². The Bertz CT molecular complexity index is 1740. The van der Waals surface area contributed by atoms with Crippen LogP contribution in [0.15, 0.2) is 96.3 Å². The van der Waals surface area contributed by atoms with Gasteiger partial charge in [-0.15, -0.1) is 11.0 Å². The van der Waals surface area contributed by atoms with Gasteiger partial charge in [0.2, 0.25) is 11.4 Å². The van der Waals surface area contributed by atoms with Crippen LogP contribution in [0.5, 0.6) is 0 Å². The third-order valence-corrected chi connectivity index (χ3v) is 8.87. The van der Waals surface area contributed by atoms with Gasteiger partial charge >= 0.3 is 28.4 Å². The summed E-state index contributed by atoms with van der Waals surface area (Å²) in [6.45, 7) is 22.7. The zero-order chi connectivity index (χ0) is 31.7. The number of para-hydroxylation sites is 4. The van der Waals surface area contributed by atoms with Crippen molar-refractivity contribution >= 4 is 39.2 Å². The van der Waals surface area contributed by atoms with Crippen molar-refractivity contribution in [2.24, 2.45) is 0 Å². The Hall–Kier alpha value is -3.46. The summed E-state index contributed by atoms with van der Waals surface area (Å²) >= 11 is 0. The minimum Gasteiger partial charge on any atom is -0.657 e. The molecular weight excluding hydrogens is 731 g/mol. The molecule has 0 N–H and O–H groups in total. The fraction of sp³-hybridized carbons (Fsp3) is 0.341. The number of hydrogen-bond acceptors (Lipinski definition) is 0. The first kappa shape index (κ1) is 34.4. The van der Waals surface area contributed by atoms with Gasteiger partial charge in [-0.05, 0) is 34.4 Å². The molecule has 6 rings (SSSR count). The molecule has 0 amide bonds. The summed E-state index contributed by atoms with van der Waals surface area (Å²) in [6, 6.07) is 33.8. The molecule has 0 radical (unpaired) electrons. The molecule has 0 saturated carbocycles. The molecule has 1 aliphatic rings. The van der Waals surface area contributed by atoms with Gasteiger partial charge in [0.1, 0.15) is 0 Å². The molecule has 3 nitrogen and oxygen atoms in total. The van der Waals surface area contributed by atoms with Gasteiger partial charge in [-0.3, -0.25) is 0 Å². The monoisotopic (exact) mass is 779 g/mol. The minimum atomic E-state index is 0. The van der Waals surface area contributed by atoms with E-state index in [9.17, 15) is 0 Å². The predicted molar refractivity (Wildman–Crippen MR) is 187 cm³/mol. The van der Waals surface area contributed by atoms with Crippen LogP contribution in [0.2, 0.25) is 0 Å². The van der Waals surface area contributed by atoms with Gasteiger partial charge in [0, 0.05) is 36.1 Å². The molecule has 0 saturated heterocycles. The van der Waals surface area contributed by atoms with Gasteiger partial charge in [0.25, 0.3) is 11.4 Å². The third kappa shape index (κ3) is 6.74. The van der Waals surface area contributed by atoms with Crippen LogP contribution in [-0.2, 0) is 22.4 Å². The van der Waals surface area contributed by atoms with Gasteiger partial charge in [-0.1, -0.05) is 149 Å². The van der Waals surface area contributed by atoms with Gasteiger partial charge < -0.3 is 4.98 Å². The Labute approximate surface area is 285 Å². The molecule has 1 aliphatic heterocycles. The van der Waals surface area contributed by atoms with Gasteiger partial charge in [-0.25, -0.2) is 0 Å². The van der Waals surface area contributed by atoms with E-state index in [1.54, 1.807) is 0 Å². The summed E-state index contributed by atoms with van der Waals surface area (Å²) in [5.41, 5.74) is 12.8. The molecule has 45 heavy (non-hydrogen) atoms. The van der Waals surface area contributed by atoms with Crippen molar-refractivity contribution in [3.63, 3.8) is 0 Å². The first-order valence-corrected chi connectivity index (χ1v) is 16.2. The van der Waals surface area contributed by atoms with Crippen molar-refractivity contribution in [1.82, 2.24) is 4.98 Å². The molecule has 0 fully saturated rings. The maximum atomic E-state index is 4.52. The molecular formula is C41H48AuN3+2. The maximum absolute atomic E-state index is 4.52. The Morgan fingerprint density at radius 2 is 0.778 bits per heavy atom. The molecule has 5 aromatic rings. The standard InChI is InChI=1S/C29H40N2.C12H8N.Au/c1-18(2)24-13-11-14-25(19(3)4)28(24)30-17-31(23(10)22(30)9)29-26(20(5)6)15-12-16-27(29)21(7)8;1-3-7-11-9(5-1)10-6-2-4-8-12(10)13-11;/h11-16,18-21H,1-10H3;1-8H;/q+2;-1;+1. The molecule has 0 bridgehead atoms. The Balaban J connectivity index is 0.000000271. The number of allylic oxidation sites excluding steroid dienone is 2. The van der Waals surface area contributed by atoms with Gasteiger partial charge in [0.05, 0.1) is 0 Å². The first-order chi connectivity index (χ1) is 21.0. The predicted octanol–water partition coefficient (Wildman–Crippen LogP) is 11.6. The van der Waals surface area contributed by atoms with Crippen LogP contribution in [0.25, 0.3) is 21.8 Å². The number of aromatic nitrogens is 1. The number of benzene rings is 4. The van der Waals surface area contributed by atoms with E-state index >= 15 is 0 Å². The van der Waals surface area contributed by atoms with Crippen LogP contribution >= 0.6 is 0 Å². The Morgan fingerprint density at radius 3 is 1.09 bits per heavy atom. The molecule has 0 unspecified atom stereocenters. The van der Waals surface area contributed by atoms with E-state index in [1.165, 1.54) is 55.8 Å². The van der Waals surface area contributed by atoms with E-state index in [-0.39, 0.29) is 22.4 Å². The van der Waals surface area contributed by atoms with Crippen molar-refractivity contribution in [3.8, 4) is 0 Å². The number of nitrogens with zero attached hydrogens (tertiary/aromatic N) is 3. The van der Waals surface area contributed by atoms with Gasteiger partial charge in [0.15, 0.2) is 0 Å². The minimum absolute atomic E-state index is 0. The number of fused-ring (bicyclic) bond motifs is 3. The number of hydrogen-bond donors (Lipinski definition) is 0. The van der Waals surface area contributed by atoms with Crippen molar-refractivity contribution in [3.05, 3.63) is 119 Å². The second kappa shape index (κ2) is 14.3. The molecule has 0 spiro atoms. The van der Waals surface area contributed by atoms with Crippen LogP contribution in [0, 0.1) is 0 Å². The summed E-state index contributed by atoms with van der Waals surface area (Å²) < 4.78 is 4.64. The molecule has 0 atom stereocenters. The van der Waals surface area contributed by atoms with Crippen molar-refractivity contribution < 1.29 is 31.5 Å². The van der Waals surface area contributed by atoms with Crippen LogP contribution in [0.3, 0.4) is 0 Å². The first-order valence-electron chi connectivity index (χ1n) is 16.2. The average molecular weight is 780 g/mol. The number of rotatable bonds is 6. The molecule has 4 aromatic carbocycles. The van der Waals surface area contributed by atoms with Crippen LogP contribution in [0.1, 0.15) is 115 Å². The Morgan fingerprint density at radius 1 is 0.467 bits per heavy atom.